The first-order valence-electron chi connectivity index (χ1n) is 9.44. The van der Waals surface area contributed by atoms with Crippen LogP contribution in [0.3, 0.4) is 0 Å². The summed E-state index contributed by atoms with van der Waals surface area (Å²) in [6.45, 7) is 4.57. The molecule has 2 N–H and O–H groups in total. The second-order valence-corrected chi connectivity index (χ2v) is 9.68. The normalized spacial score (nSPS) is 14.5. The number of anilines is 1. The van der Waals surface area contributed by atoms with E-state index in [0.717, 1.165) is 0 Å². The standard InChI is InChI=1S/C19H23ClN4O5S/c1-12(2)29-9-3-8-21-18(25)19(26)22-17-15-10-30(27,28)11-16(15)23-24(17)14-6-4-13(20)5-7-14/h4-7,12H,3,8-11H2,1-2H3,(H,21,25)(H,22,26). The van der Waals surface area contributed by atoms with Crippen molar-refractivity contribution in [3.05, 3.63) is 40.5 Å². The van der Waals surface area contributed by atoms with Gasteiger partial charge in [-0.05, 0) is 44.5 Å². The van der Waals surface area contributed by atoms with Crippen LogP contribution >= 0.6 is 11.6 Å². The lowest BCUT2D eigenvalue weighted by Crippen LogP contribution is -2.37. The molecule has 0 bridgehead atoms. The Kier molecular flexibility index (Phi) is 6.79. The lowest BCUT2D eigenvalue weighted by atomic mass is 10.2. The highest BCUT2D eigenvalue weighted by Gasteiger charge is 2.33. The molecule has 11 heteroatoms. The highest BCUT2D eigenvalue weighted by atomic mass is 35.5. The molecule has 2 amide bonds. The molecule has 0 atom stereocenters. The maximum Gasteiger partial charge on any atom is 0.314 e. The monoisotopic (exact) mass is 454 g/mol. The first kappa shape index (κ1) is 22.3. The lowest BCUT2D eigenvalue weighted by Gasteiger charge is -2.11. The summed E-state index contributed by atoms with van der Waals surface area (Å²) >= 11 is 5.92. The number of hydrogen-bond donors (Lipinski definition) is 2. The molecular formula is C19H23ClN4O5S. The number of aromatic nitrogens is 2. The second kappa shape index (κ2) is 9.15. The fourth-order valence-electron chi connectivity index (χ4n) is 2.98. The predicted molar refractivity (Wildman–Crippen MR) is 112 cm³/mol. The maximum atomic E-state index is 12.4. The van der Waals surface area contributed by atoms with Crippen molar-refractivity contribution in [1.29, 1.82) is 0 Å². The van der Waals surface area contributed by atoms with Gasteiger partial charge in [0.2, 0.25) is 0 Å². The highest BCUT2D eigenvalue weighted by molar-refractivity contribution is 7.90. The number of nitrogens with zero attached hydrogens (tertiary/aromatic N) is 2. The van der Waals surface area contributed by atoms with E-state index in [2.05, 4.69) is 15.7 Å². The molecule has 2 aromatic rings. The van der Waals surface area contributed by atoms with E-state index in [9.17, 15) is 18.0 Å². The Morgan fingerprint density at radius 2 is 1.90 bits per heavy atom. The Morgan fingerprint density at radius 3 is 2.57 bits per heavy atom. The summed E-state index contributed by atoms with van der Waals surface area (Å²) in [6.07, 6.45) is 0.656. The summed E-state index contributed by atoms with van der Waals surface area (Å²) in [5.41, 5.74) is 1.32. The van der Waals surface area contributed by atoms with E-state index in [-0.39, 0.29) is 30.0 Å². The number of benzene rings is 1. The number of halogens is 1. The molecule has 30 heavy (non-hydrogen) atoms. The fraction of sp³-hybridized carbons (Fsp3) is 0.421. The number of rotatable bonds is 7. The highest BCUT2D eigenvalue weighted by Crippen LogP contribution is 2.33. The van der Waals surface area contributed by atoms with Crippen LogP contribution in [-0.2, 0) is 35.7 Å². The van der Waals surface area contributed by atoms with Crippen LogP contribution < -0.4 is 10.6 Å². The van der Waals surface area contributed by atoms with E-state index in [0.29, 0.717) is 35.0 Å². The molecule has 9 nitrogen and oxygen atoms in total. The average Bonchev–Trinajstić information content (AvgIpc) is 3.14. The van der Waals surface area contributed by atoms with Gasteiger partial charge in [0.05, 0.1) is 29.0 Å². The number of sulfone groups is 1. The smallest absolute Gasteiger partial charge is 0.314 e. The molecule has 0 fully saturated rings. The zero-order valence-electron chi connectivity index (χ0n) is 16.6. The first-order valence-corrected chi connectivity index (χ1v) is 11.6. The Labute approximate surface area is 179 Å². The van der Waals surface area contributed by atoms with E-state index >= 15 is 0 Å². The topological polar surface area (TPSA) is 119 Å². The van der Waals surface area contributed by atoms with Crippen LogP contribution in [-0.4, -0.2) is 49.3 Å². The van der Waals surface area contributed by atoms with Gasteiger partial charge >= 0.3 is 11.8 Å². The zero-order chi connectivity index (χ0) is 21.9. The minimum Gasteiger partial charge on any atom is -0.379 e. The van der Waals surface area contributed by atoms with Crippen molar-refractivity contribution in [1.82, 2.24) is 15.1 Å². The first-order chi connectivity index (χ1) is 14.2. The summed E-state index contributed by atoms with van der Waals surface area (Å²) < 4.78 is 30.8. The van der Waals surface area contributed by atoms with Crippen molar-refractivity contribution < 1.29 is 22.7 Å². The van der Waals surface area contributed by atoms with Gasteiger partial charge in [0.15, 0.2) is 9.84 Å². The molecule has 1 aromatic heterocycles. The summed E-state index contributed by atoms with van der Waals surface area (Å²) in [5, 5.41) is 9.90. The third-order valence-corrected chi connectivity index (χ3v) is 6.05. The van der Waals surface area contributed by atoms with Gasteiger partial charge in [0, 0.05) is 23.7 Å². The lowest BCUT2D eigenvalue weighted by molar-refractivity contribution is -0.136. The van der Waals surface area contributed by atoms with Gasteiger partial charge in [-0.1, -0.05) is 11.6 Å². The fourth-order valence-corrected chi connectivity index (χ4v) is 4.60. The summed E-state index contributed by atoms with van der Waals surface area (Å²) in [5.74, 6) is -2.02. The Bertz CT molecular complexity index is 1050. The molecule has 162 valence electrons. The van der Waals surface area contributed by atoms with Gasteiger partial charge in [-0.15, -0.1) is 0 Å². The molecule has 1 aliphatic heterocycles. The molecule has 1 aliphatic rings. The molecule has 3 rings (SSSR count). The van der Waals surface area contributed by atoms with Crippen molar-refractivity contribution in [3.63, 3.8) is 0 Å². The Balaban J connectivity index is 1.75. The van der Waals surface area contributed by atoms with Crippen LogP contribution in [0.2, 0.25) is 5.02 Å². The number of carbonyl (C=O) groups excluding carboxylic acids is 2. The molecule has 0 radical (unpaired) electrons. The number of ether oxygens (including phenoxy) is 1. The summed E-state index contributed by atoms with van der Waals surface area (Å²) in [4.78, 5) is 24.6. The number of fused-ring (bicyclic) bond motifs is 1. The molecule has 0 unspecified atom stereocenters. The van der Waals surface area contributed by atoms with Crippen LogP contribution in [0, 0.1) is 0 Å². The second-order valence-electron chi connectivity index (χ2n) is 7.18. The third-order valence-electron chi connectivity index (χ3n) is 4.35. The summed E-state index contributed by atoms with van der Waals surface area (Å²) in [7, 11) is -3.34. The minimum atomic E-state index is -3.34. The number of amides is 2. The van der Waals surface area contributed by atoms with Gasteiger partial charge < -0.3 is 15.4 Å². The largest absolute Gasteiger partial charge is 0.379 e. The molecule has 0 saturated heterocycles. The van der Waals surface area contributed by atoms with Crippen LogP contribution in [0.15, 0.2) is 24.3 Å². The molecular weight excluding hydrogens is 432 g/mol. The zero-order valence-corrected chi connectivity index (χ0v) is 18.2. The molecule has 0 aliphatic carbocycles. The van der Waals surface area contributed by atoms with Crippen molar-refractivity contribution in [2.45, 2.75) is 37.9 Å². The predicted octanol–water partition coefficient (Wildman–Crippen LogP) is 1.82. The quantitative estimate of drug-likeness (QED) is 0.486. The van der Waals surface area contributed by atoms with Gasteiger partial charge in [-0.25, -0.2) is 13.1 Å². The van der Waals surface area contributed by atoms with Crippen molar-refractivity contribution in [2.75, 3.05) is 18.5 Å². The van der Waals surface area contributed by atoms with E-state index in [4.69, 9.17) is 16.3 Å². The number of nitrogens with one attached hydrogen (secondary N) is 2. The van der Waals surface area contributed by atoms with E-state index < -0.39 is 21.7 Å². The van der Waals surface area contributed by atoms with Crippen molar-refractivity contribution in [3.8, 4) is 5.69 Å². The minimum absolute atomic E-state index is 0.0931. The molecule has 2 heterocycles. The van der Waals surface area contributed by atoms with Crippen molar-refractivity contribution >= 4 is 39.1 Å². The summed E-state index contributed by atoms with van der Waals surface area (Å²) in [6, 6.07) is 6.67. The van der Waals surface area contributed by atoms with Gasteiger partial charge in [-0.3, -0.25) is 9.59 Å². The van der Waals surface area contributed by atoms with E-state index in [1.54, 1.807) is 24.3 Å². The van der Waals surface area contributed by atoms with Gasteiger partial charge in [-0.2, -0.15) is 5.10 Å². The van der Waals surface area contributed by atoms with Gasteiger partial charge in [0.25, 0.3) is 0 Å². The van der Waals surface area contributed by atoms with Gasteiger partial charge in [0.1, 0.15) is 5.82 Å². The van der Waals surface area contributed by atoms with E-state index in [1.807, 2.05) is 13.8 Å². The van der Waals surface area contributed by atoms with Crippen molar-refractivity contribution in [2.24, 2.45) is 0 Å². The molecule has 0 saturated carbocycles. The maximum absolute atomic E-state index is 12.4. The van der Waals surface area contributed by atoms with Crippen LogP contribution in [0.1, 0.15) is 31.5 Å². The average molecular weight is 455 g/mol. The SMILES string of the molecule is CC(C)OCCCNC(=O)C(=O)Nc1c2c(nn1-c1ccc(Cl)cc1)CS(=O)(=O)C2. The Morgan fingerprint density at radius 1 is 1.20 bits per heavy atom. The third kappa shape index (κ3) is 5.38. The number of hydrogen-bond acceptors (Lipinski definition) is 6. The van der Waals surface area contributed by atoms with Crippen LogP contribution in [0.4, 0.5) is 5.82 Å². The van der Waals surface area contributed by atoms with E-state index in [1.165, 1.54) is 4.68 Å². The number of carbonyl (C=O) groups is 2. The molecule has 0 spiro atoms. The molecule has 1 aromatic carbocycles. The Hall–Kier alpha value is -2.43. The van der Waals surface area contributed by atoms with Crippen LogP contribution in [0.5, 0.6) is 0 Å². The van der Waals surface area contributed by atoms with Crippen LogP contribution in [0.25, 0.3) is 5.69 Å².